The molecule has 0 aromatic carbocycles. The van der Waals surface area contributed by atoms with E-state index in [1.165, 1.54) is 23.3 Å². The highest BCUT2D eigenvalue weighted by molar-refractivity contribution is 7.17. The number of nitrogens with one attached hydrogen (secondary N) is 1. The molecular formula is C16H19N3O5S. The Morgan fingerprint density at radius 3 is 2.72 bits per heavy atom. The lowest BCUT2D eigenvalue weighted by molar-refractivity contribution is -0.143. The Morgan fingerprint density at radius 2 is 2.00 bits per heavy atom. The highest BCUT2D eigenvalue weighted by atomic mass is 32.1. The Labute approximate surface area is 148 Å². The van der Waals surface area contributed by atoms with Gasteiger partial charge in [0.25, 0.3) is 5.91 Å². The molecule has 0 fully saturated rings. The highest BCUT2D eigenvalue weighted by Gasteiger charge is 2.33. The molecule has 3 heterocycles. The standard InChI is InChI=1S/C16H19N3O5S/c1-18-8-11(20)17-15-14(16(18)23)9-5-6-19(7-10(9)25-15)12(21)3-4-13(22)24-2/h3-8H2,1-2H3,(H,17,20). The fourth-order valence-electron chi connectivity index (χ4n) is 3.04. The summed E-state index contributed by atoms with van der Waals surface area (Å²) in [6, 6.07) is 0. The molecule has 2 aliphatic rings. The van der Waals surface area contributed by atoms with E-state index in [0.29, 0.717) is 30.1 Å². The number of carbonyl (C=O) groups excluding carboxylic acids is 4. The molecule has 0 atom stereocenters. The number of likely N-dealkylation sites (N-methyl/N-ethyl adjacent to an activating group) is 1. The first-order chi connectivity index (χ1) is 11.9. The van der Waals surface area contributed by atoms with Gasteiger partial charge in [-0.25, -0.2) is 0 Å². The molecule has 8 nitrogen and oxygen atoms in total. The molecule has 2 aliphatic heterocycles. The lowest BCUT2D eigenvalue weighted by Crippen LogP contribution is -2.36. The smallest absolute Gasteiger partial charge is 0.306 e. The van der Waals surface area contributed by atoms with Gasteiger partial charge in [0.2, 0.25) is 11.8 Å². The Balaban J connectivity index is 1.78. The van der Waals surface area contributed by atoms with E-state index in [0.717, 1.165) is 10.4 Å². The molecule has 25 heavy (non-hydrogen) atoms. The molecule has 134 valence electrons. The van der Waals surface area contributed by atoms with Crippen molar-refractivity contribution in [3.05, 3.63) is 16.0 Å². The van der Waals surface area contributed by atoms with E-state index in [-0.39, 0.29) is 37.1 Å². The number of hydrogen-bond donors (Lipinski definition) is 1. The van der Waals surface area contributed by atoms with E-state index in [2.05, 4.69) is 10.1 Å². The van der Waals surface area contributed by atoms with Crippen molar-refractivity contribution in [3.63, 3.8) is 0 Å². The molecule has 0 bridgehead atoms. The van der Waals surface area contributed by atoms with Crippen molar-refractivity contribution < 1.29 is 23.9 Å². The van der Waals surface area contributed by atoms with Crippen LogP contribution in [-0.4, -0.2) is 60.7 Å². The van der Waals surface area contributed by atoms with Crippen molar-refractivity contribution >= 4 is 40.0 Å². The fourth-order valence-corrected chi connectivity index (χ4v) is 4.32. The minimum absolute atomic E-state index is 0.0349. The van der Waals surface area contributed by atoms with Gasteiger partial charge < -0.3 is 19.9 Å². The summed E-state index contributed by atoms with van der Waals surface area (Å²) in [5, 5.41) is 3.35. The van der Waals surface area contributed by atoms with Crippen LogP contribution in [0.25, 0.3) is 0 Å². The number of rotatable bonds is 3. The molecule has 1 aromatic heterocycles. The van der Waals surface area contributed by atoms with E-state index in [9.17, 15) is 19.2 Å². The van der Waals surface area contributed by atoms with Crippen LogP contribution in [0.2, 0.25) is 0 Å². The van der Waals surface area contributed by atoms with E-state index >= 15 is 0 Å². The number of nitrogens with zero attached hydrogens (tertiary/aromatic N) is 2. The molecular weight excluding hydrogens is 346 g/mol. The molecule has 0 radical (unpaired) electrons. The first-order valence-corrected chi connectivity index (χ1v) is 8.76. The summed E-state index contributed by atoms with van der Waals surface area (Å²) in [7, 11) is 2.90. The second-order valence-corrected chi connectivity index (χ2v) is 7.16. The maximum Gasteiger partial charge on any atom is 0.306 e. The van der Waals surface area contributed by atoms with Gasteiger partial charge in [-0.15, -0.1) is 11.3 Å². The van der Waals surface area contributed by atoms with Gasteiger partial charge in [-0.3, -0.25) is 19.2 Å². The van der Waals surface area contributed by atoms with Crippen molar-refractivity contribution in [2.75, 3.05) is 32.6 Å². The van der Waals surface area contributed by atoms with Gasteiger partial charge in [-0.05, 0) is 12.0 Å². The topological polar surface area (TPSA) is 96.0 Å². The SMILES string of the molecule is COC(=O)CCC(=O)N1CCc2c(sc3c2C(=O)N(C)CC(=O)N3)C1. The summed E-state index contributed by atoms with van der Waals surface area (Å²) in [4.78, 5) is 51.9. The number of esters is 1. The molecule has 3 amide bonds. The molecule has 0 saturated heterocycles. The molecule has 0 spiro atoms. The monoisotopic (exact) mass is 365 g/mol. The maximum absolute atomic E-state index is 12.5. The highest BCUT2D eigenvalue weighted by Crippen LogP contribution is 2.38. The third kappa shape index (κ3) is 3.37. The molecule has 1 aromatic rings. The number of fused-ring (bicyclic) bond motifs is 3. The minimum atomic E-state index is -0.412. The van der Waals surface area contributed by atoms with E-state index in [1.807, 2.05) is 0 Å². The van der Waals surface area contributed by atoms with Crippen LogP contribution in [0.15, 0.2) is 0 Å². The van der Waals surface area contributed by atoms with E-state index in [1.54, 1.807) is 11.9 Å². The number of ether oxygens (including phenoxy) is 1. The minimum Gasteiger partial charge on any atom is -0.469 e. The maximum atomic E-state index is 12.5. The largest absolute Gasteiger partial charge is 0.469 e. The van der Waals surface area contributed by atoms with Gasteiger partial charge in [-0.2, -0.15) is 0 Å². The Hall–Kier alpha value is -2.42. The van der Waals surface area contributed by atoms with Crippen LogP contribution in [0.5, 0.6) is 0 Å². The molecule has 3 rings (SSSR count). The zero-order valence-corrected chi connectivity index (χ0v) is 14.9. The van der Waals surface area contributed by atoms with Crippen molar-refractivity contribution in [1.29, 1.82) is 0 Å². The normalized spacial score (nSPS) is 16.7. The van der Waals surface area contributed by atoms with Gasteiger partial charge in [0.15, 0.2) is 0 Å². The predicted molar refractivity (Wildman–Crippen MR) is 90.3 cm³/mol. The summed E-state index contributed by atoms with van der Waals surface area (Å²) < 4.78 is 4.55. The third-order valence-corrected chi connectivity index (χ3v) is 5.51. The first-order valence-electron chi connectivity index (χ1n) is 7.95. The zero-order valence-electron chi connectivity index (χ0n) is 14.1. The van der Waals surface area contributed by atoms with Gasteiger partial charge in [0, 0.05) is 24.9 Å². The van der Waals surface area contributed by atoms with Crippen LogP contribution < -0.4 is 5.32 Å². The third-order valence-electron chi connectivity index (χ3n) is 4.37. The van der Waals surface area contributed by atoms with Crippen molar-refractivity contribution in [2.45, 2.75) is 25.8 Å². The molecule has 0 aliphatic carbocycles. The quantitative estimate of drug-likeness (QED) is 0.792. The van der Waals surface area contributed by atoms with E-state index in [4.69, 9.17) is 0 Å². The summed E-state index contributed by atoms with van der Waals surface area (Å²) >= 11 is 1.35. The van der Waals surface area contributed by atoms with Crippen molar-refractivity contribution in [1.82, 2.24) is 9.80 Å². The zero-order chi connectivity index (χ0) is 18.1. The number of thiophene rings is 1. The second kappa shape index (κ2) is 6.83. The van der Waals surface area contributed by atoms with Crippen LogP contribution >= 0.6 is 11.3 Å². The summed E-state index contributed by atoms with van der Waals surface area (Å²) in [6.45, 7) is 0.911. The Morgan fingerprint density at radius 1 is 1.24 bits per heavy atom. The van der Waals surface area contributed by atoms with Gasteiger partial charge in [-0.1, -0.05) is 0 Å². The lowest BCUT2D eigenvalue weighted by Gasteiger charge is -2.27. The van der Waals surface area contributed by atoms with Crippen molar-refractivity contribution in [3.8, 4) is 0 Å². The summed E-state index contributed by atoms with van der Waals surface area (Å²) in [5.41, 5.74) is 1.46. The predicted octanol–water partition coefficient (Wildman–Crippen LogP) is 0.610. The van der Waals surface area contributed by atoms with Crippen LogP contribution in [0.1, 0.15) is 33.6 Å². The molecule has 9 heteroatoms. The van der Waals surface area contributed by atoms with Crippen LogP contribution in [0.4, 0.5) is 5.00 Å². The van der Waals surface area contributed by atoms with Crippen LogP contribution in [-0.2, 0) is 32.1 Å². The summed E-state index contributed by atoms with van der Waals surface area (Å²) in [6.07, 6.45) is 0.713. The average molecular weight is 365 g/mol. The van der Waals surface area contributed by atoms with Gasteiger partial charge in [0.05, 0.1) is 32.2 Å². The molecule has 0 unspecified atom stereocenters. The molecule has 1 N–H and O–H groups in total. The number of methoxy groups -OCH3 is 1. The van der Waals surface area contributed by atoms with Gasteiger partial charge >= 0.3 is 5.97 Å². The van der Waals surface area contributed by atoms with Crippen LogP contribution in [0, 0.1) is 0 Å². The number of carbonyl (C=O) groups is 4. The first kappa shape index (κ1) is 17.4. The average Bonchev–Trinajstić information content (AvgIpc) is 2.89. The number of hydrogen-bond acceptors (Lipinski definition) is 6. The second-order valence-electron chi connectivity index (χ2n) is 6.06. The Kier molecular flexibility index (Phi) is 4.76. The van der Waals surface area contributed by atoms with Crippen molar-refractivity contribution in [2.24, 2.45) is 0 Å². The molecule has 0 saturated carbocycles. The number of amides is 3. The lowest BCUT2D eigenvalue weighted by atomic mass is 10.0. The van der Waals surface area contributed by atoms with E-state index < -0.39 is 5.97 Å². The van der Waals surface area contributed by atoms with Gasteiger partial charge in [0.1, 0.15) is 5.00 Å². The number of anilines is 1. The fraction of sp³-hybridized carbons (Fsp3) is 0.500. The summed E-state index contributed by atoms with van der Waals surface area (Å²) in [5.74, 6) is -0.923. The van der Waals surface area contributed by atoms with Crippen LogP contribution in [0.3, 0.4) is 0 Å². The Bertz CT molecular complexity index is 757.